The molecule has 0 atom stereocenters. The van der Waals surface area contributed by atoms with Gasteiger partial charge in [-0.3, -0.25) is 0 Å². The number of methoxy groups -OCH3 is 2. The Morgan fingerprint density at radius 1 is 1.05 bits per heavy atom. The Morgan fingerprint density at radius 3 is 2.45 bits per heavy atom. The van der Waals surface area contributed by atoms with Crippen LogP contribution in [0.1, 0.15) is 5.56 Å². The average Bonchev–Trinajstić information content (AvgIpc) is 2.45. The van der Waals surface area contributed by atoms with Gasteiger partial charge in [0.05, 0.1) is 19.9 Å². The standard InChI is InChI=1S/C15H15BrClNO2/c1-19-14-5-3-11(16)7-10(14)9-18-13-8-12(17)4-6-15(13)20-2/h3-8,18H,9H2,1-2H3. The van der Waals surface area contributed by atoms with Gasteiger partial charge in [0, 0.05) is 21.6 Å². The molecule has 0 aliphatic carbocycles. The van der Waals surface area contributed by atoms with E-state index in [-0.39, 0.29) is 0 Å². The van der Waals surface area contributed by atoms with Crippen molar-refractivity contribution in [3.05, 3.63) is 51.5 Å². The van der Waals surface area contributed by atoms with E-state index in [0.29, 0.717) is 11.6 Å². The summed E-state index contributed by atoms with van der Waals surface area (Å²) in [6.45, 7) is 0.610. The predicted octanol–water partition coefficient (Wildman–Crippen LogP) is 4.73. The first kappa shape index (κ1) is 15.0. The summed E-state index contributed by atoms with van der Waals surface area (Å²) in [5.74, 6) is 1.59. The van der Waals surface area contributed by atoms with Crippen molar-refractivity contribution >= 4 is 33.2 Å². The van der Waals surface area contributed by atoms with E-state index in [0.717, 1.165) is 27.2 Å². The van der Waals surface area contributed by atoms with E-state index in [2.05, 4.69) is 21.2 Å². The van der Waals surface area contributed by atoms with Gasteiger partial charge in [-0.25, -0.2) is 0 Å². The Morgan fingerprint density at radius 2 is 1.75 bits per heavy atom. The molecule has 1 N–H and O–H groups in total. The molecule has 0 heterocycles. The Bertz CT molecular complexity index is 551. The van der Waals surface area contributed by atoms with Crippen LogP contribution in [0.15, 0.2) is 40.9 Å². The molecule has 0 aliphatic rings. The number of hydrogen-bond acceptors (Lipinski definition) is 3. The third-order valence-corrected chi connectivity index (χ3v) is 3.60. The van der Waals surface area contributed by atoms with Gasteiger partial charge in [-0.2, -0.15) is 0 Å². The van der Waals surface area contributed by atoms with Gasteiger partial charge in [0.2, 0.25) is 0 Å². The minimum absolute atomic E-state index is 0.610. The van der Waals surface area contributed by atoms with Crippen LogP contribution >= 0.6 is 27.5 Å². The maximum atomic E-state index is 6.01. The fourth-order valence-electron chi connectivity index (χ4n) is 1.89. The quantitative estimate of drug-likeness (QED) is 0.840. The third kappa shape index (κ3) is 3.58. The largest absolute Gasteiger partial charge is 0.496 e. The van der Waals surface area contributed by atoms with Crippen LogP contribution in [0.2, 0.25) is 5.02 Å². The highest BCUT2D eigenvalue weighted by Gasteiger charge is 2.07. The summed E-state index contributed by atoms with van der Waals surface area (Å²) < 4.78 is 11.7. The molecule has 0 aliphatic heterocycles. The monoisotopic (exact) mass is 355 g/mol. The fraction of sp³-hybridized carbons (Fsp3) is 0.200. The number of hydrogen-bond donors (Lipinski definition) is 1. The number of nitrogens with one attached hydrogen (secondary N) is 1. The van der Waals surface area contributed by atoms with Crippen LogP contribution in [0.3, 0.4) is 0 Å². The van der Waals surface area contributed by atoms with Gasteiger partial charge in [-0.1, -0.05) is 27.5 Å². The highest BCUT2D eigenvalue weighted by atomic mass is 79.9. The molecule has 0 aromatic heterocycles. The molecule has 0 saturated heterocycles. The summed E-state index contributed by atoms with van der Waals surface area (Å²) in [5, 5.41) is 3.97. The van der Waals surface area contributed by atoms with Gasteiger partial charge in [0.15, 0.2) is 0 Å². The van der Waals surface area contributed by atoms with Gasteiger partial charge in [0.25, 0.3) is 0 Å². The second kappa shape index (κ2) is 6.86. The molecule has 2 rings (SSSR count). The van der Waals surface area contributed by atoms with Crippen LogP contribution in [0, 0.1) is 0 Å². The summed E-state index contributed by atoms with van der Waals surface area (Å²) >= 11 is 9.47. The van der Waals surface area contributed by atoms with Gasteiger partial charge in [-0.15, -0.1) is 0 Å². The second-order valence-corrected chi connectivity index (χ2v) is 5.51. The van der Waals surface area contributed by atoms with Crippen LogP contribution in [-0.2, 0) is 6.54 Å². The van der Waals surface area contributed by atoms with Crippen LogP contribution in [0.25, 0.3) is 0 Å². The zero-order valence-corrected chi connectivity index (χ0v) is 13.6. The normalized spacial score (nSPS) is 10.2. The Labute approximate surface area is 132 Å². The van der Waals surface area contributed by atoms with E-state index in [1.807, 2.05) is 30.3 Å². The maximum Gasteiger partial charge on any atom is 0.142 e. The lowest BCUT2D eigenvalue weighted by atomic mass is 10.2. The number of anilines is 1. The Hall–Kier alpha value is -1.39. The Balaban J connectivity index is 2.20. The number of rotatable bonds is 5. The van der Waals surface area contributed by atoms with Gasteiger partial charge >= 0.3 is 0 Å². The molecule has 106 valence electrons. The molecular formula is C15H15BrClNO2. The first-order chi connectivity index (χ1) is 9.63. The van der Waals surface area contributed by atoms with E-state index in [1.54, 1.807) is 20.3 Å². The van der Waals surface area contributed by atoms with Gasteiger partial charge in [-0.05, 0) is 36.4 Å². The van der Waals surface area contributed by atoms with Crippen molar-refractivity contribution in [1.29, 1.82) is 0 Å². The zero-order valence-electron chi connectivity index (χ0n) is 11.2. The van der Waals surface area contributed by atoms with E-state index in [9.17, 15) is 0 Å². The second-order valence-electron chi connectivity index (χ2n) is 4.15. The first-order valence-electron chi connectivity index (χ1n) is 6.04. The van der Waals surface area contributed by atoms with Crippen molar-refractivity contribution in [2.75, 3.05) is 19.5 Å². The summed E-state index contributed by atoms with van der Waals surface area (Å²) in [6.07, 6.45) is 0. The molecular weight excluding hydrogens is 342 g/mol. The molecule has 0 fully saturated rings. The van der Waals surface area contributed by atoms with Crippen molar-refractivity contribution in [3.8, 4) is 11.5 Å². The molecule has 0 spiro atoms. The van der Waals surface area contributed by atoms with E-state index in [1.165, 1.54) is 0 Å². The van der Waals surface area contributed by atoms with Crippen molar-refractivity contribution < 1.29 is 9.47 Å². The molecule has 0 amide bonds. The molecule has 0 saturated carbocycles. The number of ether oxygens (including phenoxy) is 2. The topological polar surface area (TPSA) is 30.5 Å². The van der Waals surface area contributed by atoms with Crippen molar-refractivity contribution in [2.24, 2.45) is 0 Å². The van der Waals surface area contributed by atoms with E-state index in [4.69, 9.17) is 21.1 Å². The van der Waals surface area contributed by atoms with E-state index < -0.39 is 0 Å². The molecule has 5 heteroatoms. The molecule has 20 heavy (non-hydrogen) atoms. The third-order valence-electron chi connectivity index (χ3n) is 2.87. The molecule has 0 radical (unpaired) electrons. The minimum Gasteiger partial charge on any atom is -0.496 e. The SMILES string of the molecule is COc1ccc(Br)cc1CNc1cc(Cl)ccc1OC. The highest BCUT2D eigenvalue weighted by molar-refractivity contribution is 9.10. The minimum atomic E-state index is 0.610. The molecule has 3 nitrogen and oxygen atoms in total. The van der Waals surface area contributed by atoms with Crippen LogP contribution in [0.4, 0.5) is 5.69 Å². The van der Waals surface area contributed by atoms with Gasteiger partial charge < -0.3 is 14.8 Å². The molecule has 0 bridgehead atoms. The summed E-state index contributed by atoms with van der Waals surface area (Å²) in [5.41, 5.74) is 1.89. The summed E-state index contributed by atoms with van der Waals surface area (Å²) in [7, 11) is 3.29. The van der Waals surface area contributed by atoms with Crippen LogP contribution in [-0.4, -0.2) is 14.2 Å². The van der Waals surface area contributed by atoms with Crippen molar-refractivity contribution in [3.63, 3.8) is 0 Å². The summed E-state index contributed by atoms with van der Waals surface area (Å²) in [4.78, 5) is 0. The lowest BCUT2D eigenvalue weighted by Crippen LogP contribution is -2.03. The lowest BCUT2D eigenvalue weighted by Gasteiger charge is -2.14. The van der Waals surface area contributed by atoms with Gasteiger partial charge in [0.1, 0.15) is 11.5 Å². The summed E-state index contributed by atoms with van der Waals surface area (Å²) in [6, 6.07) is 11.4. The number of halogens is 2. The highest BCUT2D eigenvalue weighted by Crippen LogP contribution is 2.29. The first-order valence-corrected chi connectivity index (χ1v) is 7.21. The number of benzene rings is 2. The van der Waals surface area contributed by atoms with Crippen LogP contribution < -0.4 is 14.8 Å². The average molecular weight is 357 g/mol. The lowest BCUT2D eigenvalue weighted by molar-refractivity contribution is 0.409. The van der Waals surface area contributed by atoms with E-state index >= 15 is 0 Å². The molecule has 0 unspecified atom stereocenters. The molecule has 2 aromatic rings. The van der Waals surface area contributed by atoms with Crippen LogP contribution in [0.5, 0.6) is 11.5 Å². The fourth-order valence-corrected chi connectivity index (χ4v) is 2.47. The predicted molar refractivity (Wildman–Crippen MR) is 86.0 cm³/mol. The molecule has 2 aromatic carbocycles. The Kier molecular flexibility index (Phi) is 5.15. The van der Waals surface area contributed by atoms with Crippen molar-refractivity contribution in [1.82, 2.24) is 0 Å². The smallest absolute Gasteiger partial charge is 0.142 e. The maximum absolute atomic E-state index is 6.01. The zero-order chi connectivity index (χ0) is 14.5. The van der Waals surface area contributed by atoms with Crippen molar-refractivity contribution in [2.45, 2.75) is 6.54 Å².